The highest BCUT2D eigenvalue weighted by molar-refractivity contribution is 5.86. The van der Waals surface area contributed by atoms with Gasteiger partial charge in [0.2, 0.25) is 0 Å². The van der Waals surface area contributed by atoms with E-state index in [1.165, 1.54) is 10.9 Å². The number of aryl methyl sites for hydroxylation is 1. The Hall–Kier alpha value is -2.46. The van der Waals surface area contributed by atoms with Crippen molar-refractivity contribution in [1.29, 1.82) is 0 Å². The quantitative estimate of drug-likeness (QED) is 0.786. The summed E-state index contributed by atoms with van der Waals surface area (Å²) in [6.45, 7) is 0.570. The molecule has 0 fully saturated rings. The first-order valence-corrected chi connectivity index (χ1v) is 7.68. The summed E-state index contributed by atoms with van der Waals surface area (Å²) in [5.74, 6) is 1.50. The van der Waals surface area contributed by atoms with Crippen LogP contribution in [-0.4, -0.2) is 25.3 Å². The van der Waals surface area contributed by atoms with Gasteiger partial charge in [0.1, 0.15) is 0 Å². The van der Waals surface area contributed by atoms with Crippen molar-refractivity contribution in [2.24, 2.45) is 12.8 Å². The Kier molecular flexibility index (Phi) is 4.26. The average Bonchev–Trinajstić information content (AvgIpc) is 2.95. The normalized spacial score (nSPS) is 11.0. The number of methoxy groups -OCH3 is 2. The van der Waals surface area contributed by atoms with Crippen LogP contribution in [0.1, 0.15) is 5.56 Å². The molecule has 1 aromatic heterocycles. The van der Waals surface area contributed by atoms with Crippen LogP contribution in [0, 0.1) is 0 Å². The van der Waals surface area contributed by atoms with Gasteiger partial charge in [-0.3, -0.25) is 0 Å². The molecule has 0 unspecified atom stereocenters. The van der Waals surface area contributed by atoms with Crippen LogP contribution in [0.3, 0.4) is 0 Å². The molecule has 2 N–H and O–H groups in total. The van der Waals surface area contributed by atoms with Gasteiger partial charge in [-0.2, -0.15) is 0 Å². The predicted molar refractivity (Wildman–Crippen MR) is 94.2 cm³/mol. The molecule has 0 spiro atoms. The SMILES string of the molecule is COc1cc(-c2ccc3c(ccn3C)c2)cc(CCN)c1OC. The highest BCUT2D eigenvalue weighted by atomic mass is 16.5. The molecule has 0 aliphatic carbocycles. The third kappa shape index (κ3) is 2.78. The molecule has 0 atom stereocenters. The van der Waals surface area contributed by atoms with Gasteiger partial charge in [0.25, 0.3) is 0 Å². The molecule has 0 aliphatic heterocycles. The molecule has 3 rings (SSSR count). The minimum absolute atomic E-state index is 0.570. The zero-order chi connectivity index (χ0) is 16.4. The molecule has 0 saturated carbocycles. The summed E-state index contributed by atoms with van der Waals surface area (Å²) in [5, 5.41) is 1.22. The lowest BCUT2D eigenvalue weighted by molar-refractivity contribution is 0.352. The molecule has 1 heterocycles. The zero-order valence-corrected chi connectivity index (χ0v) is 13.8. The highest BCUT2D eigenvalue weighted by Crippen LogP contribution is 2.37. The number of hydrogen-bond acceptors (Lipinski definition) is 3. The molecule has 2 aromatic carbocycles. The van der Waals surface area contributed by atoms with Crippen LogP contribution in [0.4, 0.5) is 0 Å². The molecule has 120 valence electrons. The Morgan fingerprint density at radius 2 is 1.83 bits per heavy atom. The van der Waals surface area contributed by atoms with E-state index in [0.29, 0.717) is 6.54 Å². The van der Waals surface area contributed by atoms with Crippen LogP contribution < -0.4 is 15.2 Å². The molecule has 0 bridgehead atoms. The minimum atomic E-state index is 0.570. The molecular weight excluding hydrogens is 288 g/mol. The van der Waals surface area contributed by atoms with Crippen LogP contribution >= 0.6 is 0 Å². The van der Waals surface area contributed by atoms with Crippen molar-refractivity contribution >= 4 is 10.9 Å². The van der Waals surface area contributed by atoms with E-state index in [1.807, 2.05) is 6.07 Å². The number of rotatable bonds is 5. The van der Waals surface area contributed by atoms with Crippen molar-refractivity contribution in [3.63, 3.8) is 0 Å². The molecule has 0 saturated heterocycles. The largest absolute Gasteiger partial charge is 0.493 e. The maximum Gasteiger partial charge on any atom is 0.163 e. The van der Waals surface area contributed by atoms with E-state index in [4.69, 9.17) is 15.2 Å². The molecule has 4 heteroatoms. The lowest BCUT2D eigenvalue weighted by Gasteiger charge is -2.15. The van der Waals surface area contributed by atoms with Crippen LogP contribution in [-0.2, 0) is 13.5 Å². The van der Waals surface area contributed by atoms with E-state index < -0.39 is 0 Å². The van der Waals surface area contributed by atoms with Crippen LogP contribution in [0.15, 0.2) is 42.6 Å². The average molecular weight is 310 g/mol. The van der Waals surface area contributed by atoms with Gasteiger partial charge in [-0.15, -0.1) is 0 Å². The van der Waals surface area contributed by atoms with Gasteiger partial charge < -0.3 is 19.8 Å². The lowest BCUT2D eigenvalue weighted by atomic mass is 9.99. The first-order chi connectivity index (χ1) is 11.2. The first kappa shape index (κ1) is 15.4. The Morgan fingerprint density at radius 3 is 2.52 bits per heavy atom. The van der Waals surface area contributed by atoms with Gasteiger partial charge in [-0.1, -0.05) is 6.07 Å². The zero-order valence-electron chi connectivity index (χ0n) is 13.8. The predicted octanol–water partition coefficient (Wildman–Crippen LogP) is 3.36. The molecule has 3 aromatic rings. The topological polar surface area (TPSA) is 49.4 Å². The Bertz CT molecular complexity index is 837. The van der Waals surface area contributed by atoms with Crippen LogP contribution in [0.25, 0.3) is 22.0 Å². The summed E-state index contributed by atoms with van der Waals surface area (Å²) < 4.78 is 13.1. The van der Waals surface area contributed by atoms with Crippen molar-refractivity contribution in [3.05, 3.63) is 48.2 Å². The number of aromatic nitrogens is 1. The second-order valence-electron chi connectivity index (χ2n) is 5.61. The lowest BCUT2D eigenvalue weighted by Crippen LogP contribution is -2.05. The molecule has 23 heavy (non-hydrogen) atoms. The number of ether oxygens (including phenoxy) is 2. The Balaban J connectivity index is 2.14. The molecule has 0 amide bonds. The van der Waals surface area contributed by atoms with E-state index in [-0.39, 0.29) is 0 Å². The van der Waals surface area contributed by atoms with E-state index in [0.717, 1.165) is 34.6 Å². The van der Waals surface area contributed by atoms with Crippen molar-refractivity contribution in [1.82, 2.24) is 4.57 Å². The van der Waals surface area contributed by atoms with E-state index in [2.05, 4.69) is 48.1 Å². The molecule has 4 nitrogen and oxygen atoms in total. The third-order valence-electron chi connectivity index (χ3n) is 4.19. The van der Waals surface area contributed by atoms with Crippen molar-refractivity contribution < 1.29 is 9.47 Å². The maximum absolute atomic E-state index is 5.74. The number of nitrogens with two attached hydrogens (primary N) is 1. The summed E-state index contributed by atoms with van der Waals surface area (Å²) in [5.41, 5.74) is 10.3. The Morgan fingerprint density at radius 1 is 1.00 bits per heavy atom. The summed E-state index contributed by atoms with van der Waals surface area (Å²) in [6, 6.07) is 12.8. The standard InChI is InChI=1S/C19H22N2O2/c1-21-9-7-14-10-13(4-5-17(14)21)16-11-15(6-8-20)19(23-3)18(12-16)22-2/h4-5,7,9-12H,6,8,20H2,1-3H3. The maximum atomic E-state index is 5.74. The van der Waals surface area contributed by atoms with Crippen molar-refractivity contribution in [2.75, 3.05) is 20.8 Å². The second-order valence-corrected chi connectivity index (χ2v) is 5.61. The summed E-state index contributed by atoms with van der Waals surface area (Å²) in [7, 11) is 5.37. The number of hydrogen-bond donors (Lipinski definition) is 1. The van der Waals surface area contributed by atoms with Gasteiger partial charge >= 0.3 is 0 Å². The number of fused-ring (bicyclic) bond motifs is 1. The molecule has 0 aliphatic rings. The fraction of sp³-hybridized carbons (Fsp3) is 0.263. The smallest absolute Gasteiger partial charge is 0.163 e. The fourth-order valence-corrected chi connectivity index (χ4v) is 3.01. The summed E-state index contributed by atoms with van der Waals surface area (Å²) in [4.78, 5) is 0. The van der Waals surface area contributed by atoms with Gasteiger partial charge in [-0.05, 0) is 60.0 Å². The summed E-state index contributed by atoms with van der Waals surface area (Å²) in [6.07, 6.45) is 2.82. The minimum Gasteiger partial charge on any atom is -0.493 e. The van der Waals surface area contributed by atoms with Crippen molar-refractivity contribution in [3.8, 4) is 22.6 Å². The fourth-order valence-electron chi connectivity index (χ4n) is 3.01. The van der Waals surface area contributed by atoms with E-state index >= 15 is 0 Å². The highest BCUT2D eigenvalue weighted by Gasteiger charge is 2.13. The van der Waals surface area contributed by atoms with Crippen LogP contribution in [0.5, 0.6) is 11.5 Å². The molecule has 0 radical (unpaired) electrons. The summed E-state index contributed by atoms with van der Waals surface area (Å²) >= 11 is 0. The monoisotopic (exact) mass is 310 g/mol. The van der Waals surface area contributed by atoms with Gasteiger partial charge in [-0.25, -0.2) is 0 Å². The molecular formula is C19H22N2O2. The first-order valence-electron chi connectivity index (χ1n) is 7.68. The van der Waals surface area contributed by atoms with Crippen molar-refractivity contribution in [2.45, 2.75) is 6.42 Å². The number of nitrogens with zero attached hydrogens (tertiary/aromatic N) is 1. The van der Waals surface area contributed by atoms with Gasteiger partial charge in [0.15, 0.2) is 11.5 Å². The van der Waals surface area contributed by atoms with Gasteiger partial charge in [0, 0.05) is 24.1 Å². The van der Waals surface area contributed by atoms with Gasteiger partial charge in [0.05, 0.1) is 14.2 Å². The Labute approximate surface area is 136 Å². The van der Waals surface area contributed by atoms with E-state index in [9.17, 15) is 0 Å². The number of benzene rings is 2. The van der Waals surface area contributed by atoms with E-state index in [1.54, 1.807) is 14.2 Å². The third-order valence-corrected chi connectivity index (χ3v) is 4.19. The van der Waals surface area contributed by atoms with Crippen LogP contribution in [0.2, 0.25) is 0 Å². The second kappa shape index (κ2) is 6.34.